The summed E-state index contributed by atoms with van der Waals surface area (Å²) in [6.07, 6.45) is -14.9. The molecule has 0 radical (unpaired) electrons. The normalized spacial score (nSPS) is 34.3. The number of alkyl halides is 1. The second-order valence-electron chi connectivity index (χ2n) is 9.32. The minimum atomic E-state index is -5.54. The van der Waals surface area contributed by atoms with Crippen molar-refractivity contribution in [3.8, 4) is 0 Å². The zero-order valence-corrected chi connectivity index (χ0v) is 23.0. The molecule has 0 saturated carbocycles. The van der Waals surface area contributed by atoms with Crippen LogP contribution in [0.1, 0.15) is 12.6 Å². The molecule has 11 atom stereocenters. The number of carboxylic acid groups (broad SMARTS) is 1. The molecule has 0 spiro atoms. The molecule has 0 bridgehead atoms. The molecule has 4 unspecified atom stereocenters. The highest BCUT2D eigenvalue weighted by molar-refractivity contribution is 7.47. The van der Waals surface area contributed by atoms with Gasteiger partial charge in [0.05, 0.1) is 25.4 Å². The van der Waals surface area contributed by atoms with E-state index in [1.807, 2.05) is 0 Å². The van der Waals surface area contributed by atoms with Crippen molar-refractivity contribution in [1.82, 2.24) is 14.9 Å². The molecule has 1 aromatic heterocycles. The second-order valence-corrected chi connectivity index (χ2v) is 11.0. The summed E-state index contributed by atoms with van der Waals surface area (Å²) in [5.74, 6) is -7.04. The number of hydrogen-bond donors (Lipinski definition) is 10. The molecular weight excluding hydrogens is 619 g/mol. The number of ether oxygens (including phenoxy) is 2. The Hall–Kier alpha value is -2.30. The second kappa shape index (κ2) is 13.6. The van der Waals surface area contributed by atoms with E-state index in [1.54, 1.807) is 0 Å². The van der Waals surface area contributed by atoms with Gasteiger partial charge in [0.2, 0.25) is 5.91 Å². The van der Waals surface area contributed by atoms with Crippen LogP contribution in [0.5, 0.6) is 0 Å². The van der Waals surface area contributed by atoms with Crippen molar-refractivity contribution in [2.24, 2.45) is 0 Å². The monoisotopic (exact) mass is 648 g/mol. The van der Waals surface area contributed by atoms with Crippen LogP contribution in [0, 0.1) is 0 Å². The maximum Gasteiger partial charge on any atom is 0.475 e. The number of aromatic nitrogens is 2. The molecule has 20 nitrogen and oxygen atoms in total. The Morgan fingerprint density at radius 1 is 1.31 bits per heavy atom. The summed E-state index contributed by atoms with van der Waals surface area (Å²) in [7, 11) is -5.54. The summed E-state index contributed by atoms with van der Waals surface area (Å²) in [5.41, 5.74) is 4.46. The van der Waals surface area contributed by atoms with Crippen LogP contribution in [0.4, 0.5) is 5.82 Å². The minimum Gasteiger partial charge on any atom is -0.477 e. The summed E-state index contributed by atoms with van der Waals surface area (Å²) < 4.78 is 33.7. The van der Waals surface area contributed by atoms with Crippen molar-refractivity contribution in [2.45, 2.75) is 67.2 Å². The molecule has 238 valence electrons. The highest BCUT2D eigenvalue weighted by atomic mass is 35.5. The number of rotatable bonds is 12. The van der Waals surface area contributed by atoms with Crippen LogP contribution in [0.2, 0.25) is 0 Å². The number of carboxylic acids is 1. The number of aliphatic carboxylic acids is 1. The Bertz CT molecular complexity index is 1240. The summed E-state index contributed by atoms with van der Waals surface area (Å²) in [6.45, 7) is -2.10. The fourth-order valence-corrected chi connectivity index (χ4v) is 5.34. The smallest absolute Gasteiger partial charge is 0.475 e. The van der Waals surface area contributed by atoms with Crippen molar-refractivity contribution in [2.75, 3.05) is 24.8 Å². The average Bonchev–Trinajstić information content (AvgIpc) is 3.20. The molecular formula is C20H30ClN4O16P. The molecule has 0 aliphatic carbocycles. The number of aliphatic hydroxyl groups is 6. The van der Waals surface area contributed by atoms with E-state index in [-0.39, 0.29) is 5.82 Å². The number of amides is 1. The number of anilines is 1. The van der Waals surface area contributed by atoms with Crippen LogP contribution < -0.4 is 16.7 Å². The number of nitrogens with zero attached hydrogens (tertiary/aromatic N) is 2. The number of aliphatic hydroxyl groups excluding tert-OH is 6. The largest absolute Gasteiger partial charge is 0.477 e. The Kier molecular flexibility index (Phi) is 11.0. The SMILES string of the molecule is Nc1ccn(C2OC(COP(=O)(O)O[C@@]3(C(=O)O)C[C@@H](O)[C@@H](NC(=O)CCl)C([C@H](O)[C@H](O)CO)O3)[C@@H](O)[C@H]2O)c(=O)n1. The van der Waals surface area contributed by atoms with Gasteiger partial charge in [-0.2, -0.15) is 4.98 Å². The fraction of sp³-hybridized carbons (Fsp3) is 0.700. The first kappa shape index (κ1) is 34.2. The van der Waals surface area contributed by atoms with E-state index >= 15 is 0 Å². The highest BCUT2D eigenvalue weighted by Gasteiger charge is 2.59. The number of phosphoric ester groups is 1. The Morgan fingerprint density at radius 2 is 1.98 bits per heavy atom. The number of nitrogens with two attached hydrogens (primary N) is 1. The quantitative estimate of drug-likeness (QED) is 0.0748. The van der Waals surface area contributed by atoms with E-state index in [4.69, 9.17) is 35.9 Å². The zero-order chi connectivity index (χ0) is 31.6. The molecule has 3 heterocycles. The maximum absolute atomic E-state index is 12.8. The third-order valence-corrected chi connectivity index (χ3v) is 7.64. The van der Waals surface area contributed by atoms with Gasteiger partial charge in [-0.05, 0) is 6.07 Å². The topological polar surface area (TPSA) is 323 Å². The van der Waals surface area contributed by atoms with E-state index in [0.29, 0.717) is 0 Å². The highest BCUT2D eigenvalue weighted by Crippen LogP contribution is 2.51. The van der Waals surface area contributed by atoms with Gasteiger partial charge in [0, 0.05) is 12.6 Å². The molecule has 1 aromatic rings. The van der Waals surface area contributed by atoms with Crippen LogP contribution in [-0.2, 0) is 32.7 Å². The lowest BCUT2D eigenvalue weighted by atomic mass is 9.88. The van der Waals surface area contributed by atoms with Crippen molar-refractivity contribution < 1.29 is 73.3 Å². The predicted molar refractivity (Wildman–Crippen MR) is 133 cm³/mol. The third kappa shape index (κ3) is 7.42. The summed E-state index contributed by atoms with van der Waals surface area (Å²) in [6, 6.07) is -0.447. The first-order valence-electron chi connectivity index (χ1n) is 12.0. The Morgan fingerprint density at radius 3 is 2.55 bits per heavy atom. The van der Waals surface area contributed by atoms with E-state index in [1.165, 1.54) is 6.07 Å². The first-order chi connectivity index (χ1) is 19.6. The van der Waals surface area contributed by atoms with Gasteiger partial charge < -0.3 is 61.2 Å². The fourth-order valence-electron chi connectivity index (χ4n) is 4.31. The molecule has 2 aliphatic heterocycles. The number of hydrogen-bond acceptors (Lipinski definition) is 16. The van der Waals surface area contributed by atoms with Gasteiger partial charge in [-0.15, -0.1) is 11.6 Å². The standard InChI is InChI=1S/C20H30ClN4O16P/c21-4-11(29)24-12-7(27)3-20(18(33)34,40-16(12)13(30)8(28)5-26)41-42(36,37)38-6-9-14(31)15(32)17(39-9)25-2-1-10(22)23-19(25)35/h1-2,7-9,12-17,26-28,30-32H,3-6H2,(H,24,29)(H,33,34)(H,36,37)(H2,22,23,35)/t7-,8-,9?,12-,13-,14-,15-,16?,17?,20-/m1/s1. The Labute approximate surface area is 240 Å². The number of carbonyl (C=O) groups is 2. The minimum absolute atomic E-state index is 0.140. The van der Waals surface area contributed by atoms with Crippen molar-refractivity contribution in [3.05, 3.63) is 22.7 Å². The zero-order valence-electron chi connectivity index (χ0n) is 21.3. The number of nitrogen functional groups attached to an aromatic ring is 1. The van der Waals surface area contributed by atoms with Gasteiger partial charge in [-0.25, -0.2) is 18.7 Å². The lowest BCUT2D eigenvalue weighted by molar-refractivity contribution is -0.289. The summed E-state index contributed by atoms with van der Waals surface area (Å²) in [4.78, 5) is 49.9. The summed E-state index contributed by atoms with van der Waals surface area (Å²) >= 11 is 5.44. The van der Waals surface area contributed by atoms with Crippen LogP contribution in [0.3, 0.4) is 0 Å². The van der Waals surface area contributed by atoms with Gasteiger partial charge in [0.25, 0.3) is 5.79 Å². The molecule has 0 aromatic carbocycles. The molecule has 3 rings (SSSR count). The van der Waals surface area contributed by atoms with Crippen LogP contribution in [-0.4, -0.2) is 136 Å². The van der Waals surface area contributed by atoms with Gasteiger partial charge in [-0.3, -0.25) is 13.9 Å². The molecule has 1 amide bonds. The number of halogens is 1. The van der Waals surface area contributed by atoms with Gasteiger partial charge >= 0.3 is 19.5 Å². The summed E-state index contributed by atoms with van der Waals surface area (Å²) in [5, 5.41) is 72.8. The van der Waals surface area contributed by atoms with Gasteiger partial charge in [0.15, 0.2) is 6.23 Å². The van der Waals surface area contributed by atoms with E-state index in [2.05, 4.69) is 10.3 Å². The maximum atomic E-state index is 12.8. The Balaban J connectivity index is 1.79. The van der Waals surface area contributed by atoms with Crippen molar-refractivity contribution in [1.29, 1.82) is 0 Å². The van der Waals surface area contributed by atoms with E-state index in [0.717, 1.165) is 10.8 Å². The van der Waals surface area contributed by atoms with E-state index in [9.17, 15) is 59.6 Å². The lowest BCUT2D eigenvalue weighted by Gasteiger charge is -2.46. The number of carbonyl (C=O) groups excluding carboxylic acids is 1. The lowest BCUT2D eigenvalue weighted by Crippen LogP contribution is -2.68. The molecule has 22 heteroatoms. The average molecular weight is 649 g/mol. The third-order valence-electron chi connectivity index (χ3n) is 6.39. The van der Waals surface area contributed by atoms with Gasteiger partial charge in [-0.1, -0.05) is 0 Å². The van der Waals surface area contributed by atoms with Crippen LogP contribution in [0.15, 0.2) is 17.1 Å². The van der Waals surface area contributed by atoms with E-state index < -0.39 is 112 Å². The molecule has 2 aliphatic rings. The molecule has 42 heavy (non-hydrogen) atoms. The number of nitrogens with one attached hydrogen (secondary N) is 1. The van der Waals surface area contributed by atoms with Crippen LogP contribution in [0.25, 0.3) is 0 Å². The van der Waals surface area contributed by atoms with Crippen molar-refractivity contribution >= 4 is 37.1 Å². The molecule has 2 saturated heterocycles. The van der Waals surface area contributed by atoms with Gasteiger partial charge in [0.1, 0.15) is 48.3 Å². The molecule has 11 N–H and O–H groups in total. The molecule has 2 fully saturated rings. The number of phosphoric acid groups is 1. The van der Waals surface area contributed by atoms with Crippen molar-refractivity contribution in [3.63, 3.8) is 0 Å². The predicted octanol–water partition coefficient (Wildman–Crippen LogP) is -5.05. The van der Waals surface area contributed by atoms with Crippen LogP contribution >= 0.6 is 19.4 Å². The first-order valence-corrected chi connectivity index (χ1v) is 14.0.